The summed E-state index contributed by atoms with van der Waals surface area (Å²) in [5, 5.41) is 10.8. The van der Waals surface area contributed by atoms with E-state index >= 15 is 0 Å². The van der Waals surface area contributed by atoms with E-state index in [0.29, 0.717) is 45.0 Å². The highest BCUT2D eigenvalue weighted by molar-refractivity contribution is 6.30. The molecule has 0 radical (unpaired) electrons. The van der Waals surface area contributed by atoms with Crippen LogP contribution in [0.2, 0.25) is 5.02 Å². The molecule has 43 heavy (non-hydrogen) atoms. The fourth-order valence-electron chi connectivity index (χ4n) is 4.78. The standard InChI is InChI=1S/C35H29ClO7/c1-2-41-33(38)20-26-4-3-5-29-30(37)21-32(43-34(26)29)25-13-17-28(18-14-25)42-31(35(39)40)19-8-22-6-9-23(10-7-22)24-11-15-27(36)16-12-24/h3-7,9-18,21,31H,2,8,19-20H2,1H3,(H,39,40). The van der Waals surface area contributed by atoms with Crippen molar-refractivity contribution in [3.8, 4) is 28.2 Å². The number of aryl methyl sites for hydroxylation is 1. The second-order valence-electron chi connectivity index (χ2n) is 9.96. The number of carboxylic acids is 1. The van der Waals surface area contributed by atoms with E-state index in [9.17, 15) is 19.5 Å². The maximum atomic E-state index is 12.8. The topological polar surface area (TPSA) is 103 Å². The summed E-state index contributed by atoms with van der Waals surface area (Å²) >= 11 is 5.98. The van der Waals surface area contributed by atoms with Crippen molar-refractivity contribution in [2.45, 2.75) is 32.3 Å². The van der Waals surface area contributed by atoms with Crippen LogP contribution in [0.25, 0.3) is 33.4 Å². The molecule has 1 heterocycles. The highest BCUT2D eigenvalue weighted by Gasteiger charge is 2.20. The predicted molar refractivity (Wildman–Crippen MR) is 166 cm³/mol. The lowest BCUT2D eigenvalue weighted by Gasteiger charge is -2.16. The Hall–Kier alpha value is -4.88. The number of rotatable bonds is 11. The Morgan fingerprint density at radius 2 is 1.53 bits per heavy atom. The monoisotopic (exact) mass is 596 g/mol. The predicted octanol–water partition coefficient (Wildman–Crippen LogP) is 7.35. The number of hydrogen-bond acceptors (Lipinski definition) is 6. The minimum absolute atomic E-state index is 0.0204. The Kier molecular flexibility index (Phi) is 9.23. The van der Waals surface area contributed by atoms with Gasteiger partial charge in [-0.25, -0.2) is 4.79 Å². The van der Waals surface area contributed by atoms with Gasteiger partial charge in [0.25, 0.3) is 0 Å². The number of hydrogen-bond donors (Lipinski definition) is 1. The Morgan fingerprint density at radius 3 is 2.19 bits per heavy atom. The summed E-state index contributed by atoms with van der Waals surface area (Å²) in [6.45, 7) is 1.99. The van der Waals surface area contributed by atoms with E-state index in [-0.39, 0.29) is 24.9 Å². The highest BCUT2D eigenvalue weighted by Crippen LogP contribution is 2.28. The zero-order valence-electron chi connectivity index (χ0n) is 23.4. The van der Waals surface area contributed by atoms with Gasteiger partial charge < -0.3 is 19.0 Å². The minimum Gasteiger partial charge on any atom is -0.479 e. The third-order valence-corrected chi connectivity index (χ3v) is 7.25. The summed E-state index contributed by atoms with van der Waals surface area (Å²) in [4.78, 5) is 36.9. The molecule has 0 saturated heterocycles. The zero-order chi connectivity index (χ0) is 30.3. The number of carbonyl (C=O) groups is 2. The van der Waals surface area contributed by atoms with Crippen molar-refractivity contribution in [3.63, 3.8) is 0 Å². The molecular weight excluding hydrogens is 568 g/mol. The van der Waals surface area contributed by atoms with Crippen LogP contribution in [0.4, 0.5) is 0 Å². The maximum absolute atomic E-state index is 12.8. The van der Waals surface area contributed by atoms with Crippen LogP contribution >= 0.6 is 11.6 Å². The third kappa shape index (κ3) is 7.31. The molecule has 0 fully saturated rings. The van der Waals surface area contributed by atoms with Gasteiger partial charge in [-0.3, -0.25) is 9.59 Å². The van der Waals surface area contributed by atoms with Crippen LogP contribution in [0.5, 0.6) is 5.75 Å². The van der Waals surface area contributed by atoms with E-state index in [1.807, 2.05) is 48.5 Å². The van der Waals surface area contributed by atoms with E-state index in [0.717, 1.165) is 16.7 Å². The van der Waals surface area contributed by atoms with E-state index in [1.165, 1.54) is 6.07 Å². The molecule has 5 rings (SSSR count). The lowest BCUT2D eigenvalue weighted by molar-refractivity contribution is -0.145. The second kappa shape index (κ2) is 13.4. The highest BCUT2D eigenvalue weighted by atomic mass is 35.5. The normalized spacial score (nSPS) is 11.7. The van der Waals surface area contributed by atoms with E-state index in [4.69, 9.17) is 25.5 Å². The van der Waals surface area contributed by atoms with Crippen LogP contribution in [0, 0.1) is 0 Å². The van der Waals surface area contributed by atoms with Gasteiger partial charge in [-0.05, 0) is 78.9 Å². The van der Waals surface area contributed by atoms with Crippen molar-refractivity contribution in [2.75, 3.05) is 6.61 Å². The quantitative estimate of drug-likeness (QED) is 0.159. The molecule has 0 bridgehead atoms. The van der Waals surface area contributed by atoms with Crippen LogP contribution in [0.3, 0.4) is 0 Å². The molecule has 0 aliphatic heterocycles. The van der Waals surface area contributed by atoms with Crippen LogP contribution in [0.1, 0.15) is 24.5 Å². The first-order valence-electron chi connectivity index (χ1n) is 13.9. The number of esters is 1. The molecule has 1 aromatic heterocycles. The Bertz CT molecular complexity index is 1790. The van der Waals surface area contributed by atoms with Gasteiger partial charge >= 0.3 is 11.9 Å². The van der Waals surface area contributed by atoms with Crippen molar-refractivity contribution in [1.29, 1.82) is 0 Å². The molecule has 4 aromatic carbocycles. The van der Waals surface area contributed by atoms with Crippen molar-refractivity contribution >= 4 is 34.5 Å². The molecule has 7 nitrogen and oxygen atoms in total. The molecule has 1 atom stereocenters. The Labute approximate surface area is 253 Å². The average Bonchev–Trinajstić information content (AvgIpc) is 3.00. The molecule has 0 spiro atoms. The molecule has 8 heteroatoms. The molecule has 0 aliphatic rings. The van der Waals surface area contributed by atoms with E-state index < -0.39 is 18.0 Å². The van der Waals surface area contributed by atoms with Gasteiger partial charge in [0.2, 0.25) is 0 Å². The van der Waals surface area contributed by atoms with Crippen LogP contribution in [-0.4, -0.2) is 29.8 Å². The first-order valence-corrected chi connectivity index (χ1v) is 14.2. The number of halogens is 1. The zero-order valence-corrected chi connectivity index (χ0v) is 24.2. The fourth-order valence-corrected chi connectivity index (χ4v) is 4.91. The lowest BCUT2D eigenvalue weighted by Crippen LogP contribution is -2.27. The molecule has 1 N–H and O–H groups in total. The van der Waals surface area contributed by atoms with Gasteiger partial charge in [0.1, 0.15) is 17.1 Å². The molecule has 0 aliphatic carbocycles. The van der Waals surface area contributed by atoms with Gasteiger partial charge in [0.05, 0.1) is 18.4 Å². The molecule has 0 saturated carbocycles. The van der Waals surface area contributed by atoms with E-state index in [2.05, 4.69) is 0 Å². The summed E-state index contributed by atoms with van der Waals surface area (Å²) in [5.74, 6) is -0.776. The molecule has 0 amide bonds. The lowest BCUT2D eigenvalue weighted by atomic mass is 10.0. The Morgan fingerprint density at radius 1 is 0.884 bits per heavy atom. The number of benzene rings is 4. The molecule has 1 unspecified atom stereocenters. The van der Waals surface area contributed by atoms with Crippen molar-refractivity contribution in [3.05, 3.63) is 123 Å². The molecular formula is C35H29ClO7. The molecule has 218 valence electrons. The number of ether oxygens (including phenoxy) is 2. The van der Waals surface area contributed by atoms with Gasteiger partial charge in [0, 0.05) is 22.2 Å². The Balaban J connectivity index is 1.27. The van der Waals surface area contributed by atoms with Gasteiger partial charge in [0.15, 0.2) is 11.5 Å². The number of carbonyl (C=O) groups excluding carboxylic acids is 1. The first-order chi connectivity index (χ1) is 20.8. The second-order valence-corrected chi connectivity index (χ2v) is 10.4. The smallest absolute Gasteiger partial charge is 0.344 e. The van der Waals surface area contributed by atoms with Crippen molar-refractivity contribution < 1.29 is 28.6 Å². The van der Waals surface area contributed by atoms with Crippen molar-refractivity contribution in [1.82, 2.24) is 0 Å². The van der Waals surface area contributed by atoms with Crippen LogP contribution < -0.4 is 10.2 Å². The van der Waals surface area contributed by atoms with Crippen LogP contribution in [0.15, 0.2) is 106 Å². The summed E-state index contributed by atoms with van der Waals surface area (Å²) in [5.41, 5.74) is 4.33. The first kappa shape index (κ1) is 29.6. The minimum atomic E-state index is -1.06. The largest absolute Gasteiger partial charge is 0.479 e. The summed E-state index contributed by atoms with van der Waals surface area (Å²) in [6, 6.07) is 28.7. The van der Waals surface area contributed by atoms with Gasteiger partial charge in [-0.2, -0.15) is 0 Å². The average molecular weight is 597 g/mol. The summed E-state index contributed by atoms with van der Waals surface area (Å²) < 4.78 is 16.9. The van der Waals surface area contributed by atoms with E-state index in [1.54, 1.807) is 49.4 Å². The number of para-hydroxylation sites is 1. The maximum Gasteiger partial charge on any atom is 0.344 e. The summed E-state index contributed by atoms with van der Waals surface area (Å²) in [6.07, 6.45) is -0.272. The third-order valence-electron chi connectivity index (χ3n) is 7.00. The van der Waals surface area contributed by atoms with Gasteiger partial charge in [-0.15, -0.1) is 0 Å². The number of carboxylic acid groups (broad SMARTS) is 1. The fraction of sp³-hybridized carbons (Fsp3) is 0.171. The van der Waals surface area contributed by atoms with Gasteiger partial charge in [-0.1, -0.05) is 60.1 Å². The number of fused-ring (bicyclic) bond motifs is 1. The number of aliphatic carboxylic acids is 1. The summed E-state index contributed by atoms with van der Waals surface area (Å²) in [7, 11) is 0. The SMILES string of the molecule is CCOC(=O)Cc1cccc2c(=O)cc(-c3ccc(OC(CCc4ccc(-c5ccc(Cl)cc5)cc4)C(=O)O)cc3)oc12. The van der Waals surface area contributed by atoms with Crippen LogP contribution in [-0.2, 0) is 27.2 Å². The molecule has 5 aromatic rings. The van der Waals surface area contributed by atoms with Crippen molar-refractivity contribution in [2.24, 2.45) is 0 Å².